The van der Waals surface area contributed by atoms with E-state index in [9.17, 15) is 4.79 Å². The van der Waals surface area contributed by atoms with Crippen molar-refractivity contribution >= 4 is 32.9 Å². The molecule has 3 aliphatic heterocycles. The van der Waals surface area contributed by atoms with Gasteiger partial charge in [-0.05, 0) is 72.7 Å². The zero-order valence-corrected chi connectivity index (χ0v) is 17.9. The van der Waals surface area contributed by atoms with E-state index in [0.29, 0.717) is 0 Å². The van der Waals surface area contributed by atoms with Gasteiger partial charge in [0.2, 0.25) is 16.6 Å². The van der Waals surface area contributed by atoms with Crippen LogP contribution in [0.25, 0.3) is 0 Å². The Morgan fingerprint density at radius 3 is 1.92 bits per heavy atom. The highest BCUT2D eigenvalue weighted by molar-refractivity contribution is 7.05. The molecule has 3 heterocycles. The van der Waals surface area contributed by atoms with Gasteiger partial charge in [-0.15, -0.1) is 0 Å². The van der Waals surface area contributed by atoms with Gasteiger partial charge in [-0.2, -0.15) is 0 Å². The molecule has 0 saturated carbocycles. The molecule has 3 nitrogen and oxygen atoms in total. The molecular formula is C21H25NO2Si2. The molecule has 2 aromatic rings. The number of hydrogen-bond acceptors (Lipinski definition) is 2. The summed E-state index contributed by atoms with van der Waals surface area (Å²) < 4.78 is 6.62. The predicted molar refractivity (Wildman–Crippen MR) is 109 cm³/mol. The van der Waals surface area contributed by atoms with Crippen LogP contribution in [0.1, 0.15) is 46.4 Å². The Hall–Kier alpha value is -1.70. The summed E-state index contributed by atoms with van der Waals surface area (Å²) in [5, 5.41) is 2.96. The van der Waals surface area contributed by atoms with E-state index in [0.717, 1.165) is 18.4 Å². The maximum Gasteiger partial charge on any atom is 0.254 e. The van der Waals surface area contributed by atoms with Crippen molar-refractivity contribution in [1.29, 1.82) is 0 Å². The molecule has 3 aliphatic rings. The standard InChI is InChI=1S/C21H25NO2Si2/c1-25(2)19-12-15-16(13-20(19)26(3,4)24-25)18-11-10-17(15)22(18)21(23)14-8-6-5-7-9-14/h5-9,12-13,17-18H,10-11H2,1-4H3/t17-,18+. The number of benzene rings is 2. The van der Waals surface area contributed by atoms with Crippen molar-refractivity contribution in [3.8, 4) is 0 Å². The van der Waals surface area contributed by atoms with E-state index in [1.165, 1.54) is 21.5 Å². The highest BCUT2D eigenvalue weighted by atomic mass is 28.4. The molecule has 2 bridgehead atoms. The van der Waals surface area contributed by atoms with Crippen LogP contribution in [0.3, 0.4) is 0 Å². The van der Waals surface area contributed by atoms with Crippen molar-refractivity contribution in [2.45, 2.75) is 51.1 Å². The van der Waals surface area contributed by atoms with Crippen LogP contribution in [0.4, 0.5) is 0 Å². The minimum Gasteiger partial charge on any atom is -0.449 e. The van der Waals surface area contributed by atoms with Crippen molar-refractivity contribution in [3.05, 3.63) is 59.2 Å². The van der Waals surface area contributed by atoms with Gasteiger partial charge >= 0.3 is 0 Å². The Morgan fingerprint density at radius 2 is 1.42 bits per heavy atom. The number of fused-ring (bicyclic) bond motifs is 6. The first kappa shape index (κ1) is 16.5. The molecule has 5 heteroatoms. The second kappa shape index (κ2) is 5.18. The summed E-state index contributed by atoms with van der Waals surface area (Å²) in [6, 6.07) is 15.1. The van der Waals surface area contributed by atoms with E-state index in [1.807, 2.05) is 30.3 Å². The lowest BCUT2D eigenvalue weighted by Gasteiger charge is -2.23. The minimum atomic E-state index is -1.82. The maximum absolute atomic E-state index is 13.2. The lowest BCUT2D eigenvalue weighted by molar-refractivity contribution is 0.0697. The third kappa shape index (κ3) is 2.11. The zero-order valence-electron chi connectivity index (χ0n) is 15.9. The minimum absolute atomic E-state index is 0.179. The highest BCUT2D eigenvalue weighted by Gasteiger charge is 2.51. The molecule has 26 heavy (non-hydrogen) atoms. The van der Waals surface area contributed by atoms with Gasteiger partial charge in [-0.3, -0.25) is 4.79 Å². The lowest BCUT2D eigenvalue weighted by Crippen LogP contribution is -2.44. The third-order valence-corrected chi connectivity index (χ3v) is 14.1. The van der Waals surface area contributed by atoms with Gasteiger partial charge in [-0.25, -0.2) is 0 Å². The Balaban J connectivity index is 1.61. The first-order valence-corrected chi connectivity index (χ1v) is 15.4. The Kier molecular flexibility index (Phi) is 3.28. The molecule has 0 radical (unpaired) electrons. The van der Waals surface area contributed by atoms with Gasteiger partial charge < -0.3 is 9.02 Å². The van der Waals surface area contributed by atoms with E-state index in [-0.39, 0.29) is 18.0 Å². The number of carbonyl (C=O) groups is 1. The monoisotopic (exact) mass is 379 g/mol. The summed E-state index contributed by atoms with van der Waals surface area (Å²) in [7, 11) is -3.64. The second-order valence-corrected chi connectivity index (χ2v) is 16.8. The lowest BCUT2D eigenvalue weighted by atomic mass is 9.92. The molecular weight excluding hydrogens is 354 g/mol. The number of carbonyl (C=O) groups excluding carboxylic acids is 1. The van der Waals surface area contributed by atoms with Crippen molar-refractivity contribution in [2.24, 2.45) is 0 Å². The van der Waals surface area contributed by atoms with E-state index in [1.54, 1.807) is 0 Å². The second-order valence-electron chi connectivity index (χ2n) is 8.84. The van der Waals surface area contributed by atoms with E-state index >= 15 is 0 Å². The van der Waals surface area contributed by atoms with Crippen LogP contribution in [-0.4, -0.2) is 27.4 Å². The van der Waals surface area contributed by atoms with Crippen molar-refractivity contribution in [2.75, 3.05) is 0 Å². The SMILES string of the molecule is C[Si]1(C)O[Si](C)(C)c2cc3c(cc21)[C@H]1CC[C@@H]3N1C(=O)c1ccccc1. The van der Waals surface area contributed by atoms with Crippen LogP contribution < -0.4 is 10.4 Å². The van der Waals surface area contributed by atoms with Gasteiger partial charge in [0.15, 0.2) is 0 Å². The van der Waals surface area contributed by atoms with Crippen LogP contribution in [0.2, 0.25) is 26.2 Å². The highest BCUT2D eigenvalue weighted by Crippen LogP contribution is 2.53. The molecule has 0 spiro atoms. The summed E-state index contributed by atoms with van der Waals surface area (Å²) in [5.74, 6) is 0.179. The molecule has 134 valence electrons. The van der Waals surface area contributed by atoms with E-state index in [4.69, 9.17) is 4.12 Å². The largest absolute Gasteiger partial charge is 0.449 e. The molecule has 2 atom stereocenters. The fraction of sp³-hybridized carbons (Fsp3) is 0.381. The Bertz CT molecular complexity index is 874. The smallest absolute Gasteiger partial charge is 0.254 e. The first-order valence-electron chi connectivity index (χ1n) is 9.56. The molecule has 0 N–H and O–H groups in total. The Morgan fingerprint density at radius 1 is 0.923 bits per heavy atom. The van der Waals surface area contributed by atoms with Gasteiger partial charge in [-0.1, -0.05) is 30.3 Å². The summed E-state index contributed by atoms with van der Waals surface area (Å²) in [6.45, 7) is 9.28. The van der Waals surface area contributed by atoms with Crippen molar-refractivity contribution in [3.63, 3.8) is 0 Å². The number of hydrogen-bond donors (Lipinski definition) is 0. The fourth-order valence-corrected chi connectivity index (χ4v) is 15.6. The van der Waals surface area contributed by atoms with Crippen LogP contribution >= 0.6 is 0 Å². The fourth-order valence-electron chi connectivity index (χ4n) is 5.39. The van der Waals surface area contributed by atoms with Gasteiger partial charge in [0.05, 0.1) is 12.1 Å². The molecule has 0 aliphatic carbocycles. The van der Waals surface area contributed by atoms with Gasteiger partial charge in [0, 0.05) is 5.56 Å². The molecule has 0 aromatic heterocycles. The van der Waals surface area contributed by atoms with Gasteiger partial charge in [0.25, 0.3) is 5.91 Å². The number of nitrogens with zero attached hydrogens (tertiary/aromatic N) is 1. The molecule has 0 unspecified atom stereocenters. The molecule has 1 amide bonds. The topological polar surface area (TPSA) is 29.5 Å². The molecule has 2 aromatic carbocycles. The average molecular weight is 380 g/mol. The first-order chi connectivity index (χ1) is 12.3. The summed E-state index contributed by atoms with van der Waals surface area (Å²) in [4.78, 5) is 15.4. The van der Waals surface area contributed by atoms with Crippen LogP contribution in [-0.2, 0) is 4.12 Å². The van der Waals surface area contributed by atoms with E-state index < -0.39 is 16.6 Å². The Labute approximate surface area is 157 Å². The molecule has 5 rings (SSSR count). The normalized spacial score (nSPS) is 26.7. The summed E-state index contributed by atoms with van der Waals surface area (Å²) in [6.07, 6.45) is 2.16. The van der Waals surface area contributed by atoms with E-state index in [2.05, 4.69) is 43.2 Å². The summed E-state index contributed by atoms with van der Waals surface area (Å²) in [5.41, 5.74) is 3.58. The quantitative estimate of drug-likeness (QED) is 0.709. The predicted octanol–water partition coefficient (Wildman–Crippen LogP) is 3.57. The summed E-state index contributed by atoms with van der Waals surface area (Å²) >= 11 is 0. The maximum atomic E-state index is 13.2. The van der Waals surface area contributed by atoms with Crippen molar-refractivity contribution in [1.82, 2.24) is 4.90 Å². The molecule has 1 fully saturated rings. The van der Waals surface area contributed by atoms with Crippen LogP contribution in [0, 0.1) is 0 Å². The van der Waals surface area contributed by atoms with Gasteiger partial charge in [0.1, 0.15) is 0 Å². The average Bonchev–Trinajstić information content (AvgIpc) is 3.21. The third-order valence-electron chi connectivity index (χ3n) is 6.39. The van der Waals surface area contributed by atoms with Crippen LogP contribution in [0.5, 0.6) is 0 Å². The number of rotatable bonds is 1. The number of amides is 1. The van der Waals surface area contributed by atoms with Crippen LogP contribution in [0.15, 0.2) is 42.5 Å². The molecule has 1 saturated heterocycles. The van der Waals surface area contributed by atoms with Crippen molar-refractivity contribution < 1.29 is 8.91 Å². The zero-order chi connectivity index (χ0) is 18.3.